The van der Waals surface area contributed by atoms with E-state index in [1.165, 1.54) is 51.7 Å². The molecule has 0 fully saturated rings. The molecule has 0 radical (unpaired) electrons. The van der Waals surface area contributed by atoms with Gasteiger partial charge >= 0.3 is 0 Å². The lowest BCUT2D eigenvalue weighted by Crippen LogP contribution is -2.30. The van der Waals surface area contributed by atoms with E-state index in [0.717, 1.165) is 12.5 Å². The fourth-order valence-corrected chi connectivity index (χ4v) is 1.95. The van der Waals surface area contributed by atoms with Crippen molar-refractivity contribution in [2.24, 2.45) is 11.7 Å². The largest absolute Gasteiger partial charge is 0.330 e. The lowest BCUT2D eigenvalue weighted by Gasteiger charge is -2.25. The highest BCUT2D eigenvalue weighted by molar-refractivity contribution is 4.63. The van der Waals surface area contributed by atoms with Gasteiger partial charge in [-0.25, -0.2) is 0 Å². The third-order valence-corrected chi connectivity index (χ3v) is 3.30. The Morgan fingerprint density at radius 1 is 1.00 bits per heavy atom. The van der Waals surface area contributed by atoms with Gasteiger partial charge in [-0.3, -0.25) is 0 Å². The fourth-order valence-electron chi connectivity index (χ4n) is 1.95. The van der Waals surface area contributed by atoms with Gasteiger partial charge in [0, 0.05) is 6.54 Å². The molecule has 0 aliphatic carbocycles. The highest BCUT2D eigenvalue weighted by Crippen LogP contribution is 2.10. The first kappa shape index (κ1) is 14.9. The molecule has 0 heterocycles. The molecule has 0 saturated carbocycles. The Morgan fingerprint density at radius 3 is 2.13 bits per heavy atom. The van der Waals surface area contributed by atoms with Crippen molar-refractivity contribution < 1.29 is 0 Å². The Labute approximate surface area is 96.2 Å². The second-order valence-electron chi connectivity index (χ2n) is 4.43. The second-order valence-corrected chi connectivity index (χ2v) is 4.43. The number of unbranched alkanes of at least 4 members (excludes halogenated alkanes) is 2. The average molecular weight is 214 g/mol. The first-order chi connectivity index (χ1) is 7.28. The summed E-state index contributed by atoms with van der Waals surface area (Å²) in [5.74, 6) is 0.888. The second kappa shape index (κ2) is 10.4. The lowest BCUT2D eigenvalue weighted by atomic mass is 10.0. The Balaban J connectivity index is 3.61. The number of nitrogens with two attached hydrogens (primary N) is 1. The molecule has 2 heteroatoms. The molecular weight excluding hydrogens is 184 g/mol. The molecule has 15 heavy (non-hydrogen) atoms. The van der Waals surface area contributed by atoms with E-state index in [9.17, 15) is 0 Å². The summed E-state index contributed by atoms with van der Waals surface area (Å²) in [7, 11) is 0. The number of hydrogen-bond donors (Lipinski definition) is 1. The maximum Gasteiger partial charge on any atom is 0.000934 e. The normalized spacial score (nSPS) is 11.6. The number of rotatable bonds is 10. The summed E-state index contributed by atoms with van der Waals surface area (Å²) in [6.45, 7) is 11.5. The van der Waals surface area contributed by atoms with Crippen LogP contribution in [0, 0.1) is 5.92 Å². The summed E-state index contributed by atoms with van der Waals surface area (Å²) in [6.07, 6.45) is 6.41. The minimum absolute atomic E-state index is 0.846. The van der Waals surface area contributed by atoms with E-state index in [0.29, 0.717) is 0 Å². The Morgan fingerprint density at radius 2 is 1.67 bits per heavy atom. The molecular formula is C13H30N2. The molecule has 2 N–H and O–H groups in total. The summed E-state index contributed by atoms with van der Waals surface area (Å²) in [6, 6.07) is 0. The number of nitrogens with zero attached hydrogens (tertiary/aromatic N) is 1. The molecule has 0 aliphatic heterocycles. The molecule has 2 nitrogen and oxygen atoms in total. The standard InChI is InChI=1S/C13H30N2/c1-4-13(5-2)12-15(6-3)11-9-7-8-10-14/h13H,4-12,14H2,1-3H3. The first-order valence-corrected chi connectivity index (χ1v) is 6.70. The van der Waals surface area contributed by atoms with Gasteiger partial charge in [0.1, 0.15) is 0 Å². The predicted octanol–water partition coefficient (Wildman–Crippen LogP) is 2.87. The molecule has 0 spiro atoms. The van der Waals surface area contributed by atoms with Crippen molar-refractivity contribution in [3.8, 4) is 0 Å². The van der Waals surface area contributed by atoms with Crippen LogP contribution in [0.25, 0.3) is 0 Å². The van der Waals surface area contributed by atoms with E-state index in [-0.39, 0.29) is 0 Å². The molecule has 0 aliphatic rings. The molecule has 0 rings (SSSR count). The van der Waals surface area contributed by atoms with E-state index in [1.807, 2.05) is 0 Å². The summed E-state index contributed by atoms with van der Waals surface area (Å²) >= 11 is 0. The summed E-state index contributed by atoms with van der Waals surface area (Å²) < 4.78 is 0. The minimum atomic E-state index is 0.846. The van der Waals surface area contributed by atoms with Crippen molar-refractivity contribution in [1.82, 2.24) is 4.90 Å². The monoisotopic (exact) mass is 214 g/mol. The van der Waals surface area contributed by atoms with Crippen LogP contribution in [0.2, 0.25) is 0 Å². The van der Waals surface area contributed by atoms with Gasteiger partial charge in [0.25, 0.3) is 0 Å². The van der Waals surface area contributed by atoms with Crippen molar-refractivity contribution in [3.05, 3.63) is 0 Å². The van der Waals surface area contributed by atoms with Crippen LogP contribution in [0.3, 0.4) is 0 Å². The maximum atomic E-state index is 5.49. The van der Waals surface area contributed by atoms with Crippen LogP contribution in [0.4, 0.5) is 0 Å². The molecule has 0 aromatic heterocycles. The quantitative estimate of drug-likeness (QED) is 0.567. The maximum absolute atomic E-state index is 5.49. The Hall–Kier alpha value is -0.0800. The van der Waals surface area contributed by atoms with E-state index < -0.39 is 0 Å². The Kier molecular flexibility index (Phi) is 10.4. The van der Waals surface area contributed by atoms with Crippen molar-refractivity contribution in [1.29, 1.82) is 0 Å². The van der Waals surface area contributed by atoms with Crippen LogP contribution in [0.5, 0.6) is 0 Å². The van der Waals surface area contributed by atoms with Crippen LogP contribution in [0.15, 0.2) is 0 Å². The number of hydrogen-bond acceptors (Lipinski definition) is 2. The van der Waals surface area contributed by atoms with Crippen molar-refractivity contribution in [2.75, 3.05) is 26.2 Å². The van der Waals surface area contributed by atoms with Crippen LogP contribution in [-0.4, -0.2) is 31.1 Å². The van der Waals surface area contributed by atoms with Crippen LogP contribution in [-0.2, 0) is 0 Å². The van der Waals surface area contributed by atoms with E-state index >= 15 is 0 Å². The highest BCUT2D eigenvalue weighted by Gasteiger charge is 2.08. The third-order valence-electron chi connectivity index (χ3n) is 3.30. The van der Waals surface area contributed by atoms with Gasteiger partial charge in [0.15, 0.2) is 0 Å². The zero-order chi connectivity index (χ0) is 11.5. The van der Waals surface area contributed by atoms with E-state index in [1.54, 1.807) is 0 Å². The third kappa shape index (κ3) is 7.80. The zero-order valence-electron chi connectivity index (χ0n) is 11.0. The van der Waals surface area contributed by atoms with E-state index in [4.69, 9.17) is 5.73 Å². The SMILES string of the molecule is CCC(CC)CN(CC)CCCCCN. The van der Waals surface area contributed by atoms with Crippen molar-refractivity contribution in [2.45, 2.75) is 52.9 Å². The Bertz CT molecular complexity index is 122. The fraction of sp³-hybridized carbons (Fsp3) is 1.00. The van der Waals surface area contributed by atoms with Crippen molar-refractivity contribution in [3.63, 3.8) is 0 Å². The van der Waals surface area contributed by atoms with E-state index in [2.05, 4.69) is 25.7 Å². The first-order valence-electron chi connectivity index (χ1n) is 6.70. The van der Waals surface area contributed by atoms with Gasteiger partial charge < -0.3 is 10.6 Å². The molecule has 0 unspecified atom stereocenters. The molecule has 0 amide bonds. The summed E-state index contributed by atoms with van der Waals surface area (Å²) in [4.78, 5) is 2.59. The molecule has 92 valence electrons. The highest BCUT2D eigenvalue weighted by atomic mass is 15.1. The van der Waals surface area contributed by atoms with Gasteiger partial charge in [-0.05, 0) is 38.4 Å². The van der Waals surface area contributed by atoms with Crippen molar-refractivity contribution >= 4 is 0 Å². The predicted molar refractivity (Wildman–Crippen MR) is 69.1 cm³/mol. The summed E-state index contributed by atoms with van der Waals surface area (Å²) in [5, 5.41) is 0. The van der Waals surface area contributed by atoms with Gasteiger partial charge in [0.2, 0.25) is 0 Å². The van der Waals surface area contributed by atoms with Gasteiger partial charge in [0.05, 0.1) is 0 Å². The van der Waals surface area contributed by atoms with Crippen LogP contribution >= 0.6 is 0 Å². The molecule has 0 aromatic carbocycles. The molecule has 0 bridgehead atoms. The minimum Gasteiger partial charge on any atom is -0.330 e. The molecule has 0 aromatic rings. The molecule has 0 saturated heterocycles. The smallest absolute Gasteiger partial charge is 0.000934 e. The zero-order valence-corrected chi connectivity index (χ0v) is 11.0. The lowest BCUT2D eigenvalue weighted by molar-refractivity contribution is 0.229. The average Bonchev–Trinajstić information content (AvgIpc) is 2.28. The van der Waals surface area contributed by atoms with Gasteiger partial charge in [-0.2, -0.15) is 0 Å². The summed E-state index contributed by atoms with van der Waals surface area (Å²) in [5.41, 5.74) is 5.49. The van der Waals surface area contributed by atoms with Crippen LogP contribution in [0.1, 0.15) is 52.9 Å². The van der Waals surface area contributed by atoms with Crippen LogP contribution < -0.4 is 5.73 Å². The van der Waals surface area contributed by atoms with Gasteiger partial charge in [-0.1, -0.05) is 40.0 Å². The topological polar surface area (TPSA) is 29.3 Å². The van der Waals surface area contributed by atoms with Gasteiger partial charge in [-0.15, -0.1) is 0 Å². The molecule has 0 atom stereocenters.